The van der Waals surface area contributed by atoms with Crippen molar-refractivity contribution in [2.75, 3.05) is 18.6 Å². The molecule has 2 atom stereocenters. The van der Waals surface area contributed by atoms with E-state index in [1.54, 1.807) is 24.8 Å². The molecule has 2 N–H and O–H groups in total. The number of fused-ring (bicyclic) bond motifs is 1. The topological polar surface area (TPSA) is 81.3 Å². The van der Waals surface area contributed by atoms with Crippen molar-refractivity contribution in [1.29, 1.82) is 0 Å². The van der Waals surface area contributed by atoms with Gasteiger partial charge in [0.25, 0.3) is 0 Å². The van der Waals surface area contributed by atoms with Crippen LogP contribution in [0.5, 0.6) is 5.75 Å². The number of ether oxygens (including phenoxy) is 1. The molecular formula is C18H18N4O2S. The monoisotopic (exact) mass is 354 g/mol. The summed E-state index contributed by atoms with van der Waals surface area (Å²) in [6.45, 7) is 0.717. The lowest BCUT2D eigenvalue weighted by molar-refractivity contribution is -0.122. The molecule has 1 amide bonds. The Balaban J connectivity index is 1.87. The average molecular weight is 354 g/mol. The van der Waals surface area contributed by atoms with Crippen molar-refractivity contribution in [3.8, 4) is 5.75 Å². The minimum atomic E-state index is -0.303. The van der Waals surface area contributed by atoms with Crippen LogP contribution in [0.2, 0.25) is 0 Å². The van der Waals surface area contributed by atoms with Crippen molar-refractivity contribution < 1.29 is 9.53 Å². The van der Waals surface area contributed by atoms with Crippen molar-refractivity contribution >= 4 is 33.1 Å². The molecule has 3 heterocycles. The van der Waals surface area contributed by atoms with Gasteiger partial charge in [-0.2, -0.15) is 0 Å². The van der Waals surface area contributed by atoms with Crippen LogP contribution in [0, 0.1) is 5.92 Å². The first-order valence-electron chi connectivity index (χ1n) is 8.07. The van der Waals surface area contributed by atoms with E-state index in [2.05, 4.69) is 14.9 Å². The predicted molar refractivity (Wildman–Crippen MR) is 97.8 cm³/mol. The summed E-state index contributed by atoms with van der Waals surface area (Å²) in [5.74, 6) is 0.167. The lowest BCUT2D eigenvalue weighted by Crippen LogP contribution is -2.32. The molecular weight excluding hydrogens is 336 g/mol. The first-order valence-corrected chi connectivity index (χ1v) is 8.95. The largest absolute Gasteiger partial charge is 0.495 e. The number of primary amides is 1. The fraction of sp³-hybridized carbons (Fsp3) is 0.278. The molecule has 1 aromatic carbocycles. The molecule has 0 bridgehead atoms. The van der Waals surface area contributed by atoms with Gasteiger partial charge < -0.3 is 15.4 Å². The summed E-state index contributed by atoms with van der Waals surface area (Å²) in [6, 6.07) is 9.60. The maximum absolute atomic E-state index is 12.1. The molecule has 25 heavy (non-hydrogen) atoms. The molecule has 1 aliphatic heterocycles. The Bertz CT molecular complexity index is 926. The molecule has 2 unspecified atom stereocenters. The second-order valence-corrected chi connectivity index (χ2v) is 6.90. The Kier molecular flexibility index (Phi) is 4.01. The summed E-state index contributed by atoms with van der Waals surface area (Å²) in [5, 5.41) is 2.97. The van der Waals surface area contributed by atoms with Gasteiger partial charge in [-0.3, -0.25) is 4.79 Å². The van der Waals surface area contributed by atoms with Crippen molar-refractivity contribution in [2.24, 2.45) is 11.7 Å². The number of carbonyl (C=O) groups is 1. The Labute approximate surface area is 149 Å². The molecule has 1 aliphatic rings. The quantitative estimate of drug-likeness (QED) is 0.779. The Morgan fingerprint density at radius 1 is 1.32 bits per heavy atom. The predicted octanol–water partition coefficient (Wildman–Crippen LogP) is 2.75. The summed E-state index contributed by atoms with van der Waals surface area (Å²) in [5.41, 5.74) is 7.51. The SMILES string of the molecule is COc1ccccc1N1CCC(C(N)=O)C1c1ncnc2sccc12. The van der Waals surface area contributed by atoms with Gasteiger partial charge >= 0.3 is 0 Å². The van der Waals surface area contributed by atoms with Crippen LogP contribution in [0.4, 0.5) is 5.69 Å². The summed E-state index contributed by atoms with van der Waals surface area (Å²) in [7, 11) is 1.65. The third-order valence-corrected chi connectivity index (χ3v) is 5.55. The van der Waals surface area contributed by atoms with Gasteiger partial charge in [-0.1, -0.05) is 12.1 Å². The van der Waals surface area contributed by atoms with Crippen molar-refractivity contribution in [2.45, 2.75) is 12.5 Å². The van der Waals surface area contributed by atoms with E-state index in [4.69, 9.17) is 10.5 Å². The normalized spacial score (nSPS) is 20.1. The molecule has 0 radical (unpaired) electrons. The van der Waals surface area contributed by atoms with Gasteiger partial charge in [-0.05, 0) is 30.0 Å². The Morgan fingerprint density at radius 2 is 2.16 bits per heavy atom. The van der Waals surface area contributed by atoms with Crippen molar-refractivity contribution in [1.82, 2.24) is 9.97 Å². The van der Waals surface area contributed by atoms with E-state index >= 15 is 0 Å². The van der Waals surface area contributed by atoms with Crippen LogP contribution in [0.1, 0.15) is 18.2 Å². The highest BCUT2D eigenvalue weighted by Gasteiger charge is 2.41. The fourth-order valence-corrected chi connectivity index (χ4v) is 4.35. The molecule has 1 fully saturated rings. The number of amides is 1. The molecule has 0 aliphatic carbocycles. The number of aromatic nitrogens is 2. The van der Waals surface area contributed by atoms with Gasteiger partial charge in [0.1, 0.15) is 16.9 Å². The molecule has 0 saturated carbocycles. The van der Waals surface area contributed by atoms with Crippen LogP contribution in [-0.2, 0) is 4.79 Å². The third-order valence-electron chi connectivity index (χ3n) is 4.73. The molecule has 128 valence electrons. The van der Waals surface area contributed by atoms with Crippen LogP contribution >= 0.6 is 11.3 Å². The molecule has 3 aromatic rings. The minimum Gasteiger partial charge on any atom is -0.495 e. The zero-order valence-corrected chi connectivity index (χ0v) is 14.6. The second kappa shape index (κ2) is 6.33. The molecule has 4 rings (SSSR count). The maximum atomic E-state index is 12.1. The first kappa shape index (κ1) is 15.8. The lowest BCUT2D eigenvalue weighted by Gasteiger charge is -2.30. The lowest BCUT2D eigenvalue weighted by atomic mass is 9.95. The van der Waals surface area contributed by atoms with Gasteiger partial charge in [-0.15, -0.1) is 11.3 Å². The van der Waals surface area contributed by atoms with Crippen molar-refractivity contribution in [3.63, 3.8) is 0 Å². The zero-order valence-electron chi connectivity index (χ0n) is 13.8. The van der Waals surface area contributed by atoms with Gasteiger partial charge in [-0.25, -0.2) is 9.97 Å². The van der Waals surface area contributed by atoms with Gasteiger partial charge in [0.15, 0.2) is 0 Å². The van der Waals surface area contributed by atoms with Gasteiger partial charge in [0, 0.05) is 11.9 Å². The van der Waals surface area contributed by atoms with E-state index < -0.39 is 0 Å². The van der Waals surface area contributed by atoms with Gasteiger partial charge in [0.05, 0.1) is 30.5 Å². The van der Waals surface area contributed by atoms with E-state index in [9.17, 15) is 4.79 Å². The molecule has 6 nitrogen and oxygen atoms in total. The molecule has 0 spiro atoms. The van der Waals surface area contributed by atoms with E-state index in [-0.39, 0.29) is 17.9 Å². The number of rotatable bonds is 4. The summed E-state index contributed by atoms with van der Waals surface area (Å²) >= 11 is 1.56. The number of hydrogen-bond donors (Lipinski definition) is 1. The van der Waals surface area contributed by atoms with Crippen LogP contribution in [0.15, 0.2) is 42.0 Å². The average Bonchev–Trinajstić information content (AvgIpc) is 3.28. The number of thiophene rings is 1. The number of nitrogens with two attached hydrogens (primary N) is 1. The highest BCUT2D eigenvalue weighted by atomic mass is 32.1. The number of nitrogens with zero attached hydrogens (tertiary/aromatic N) is 3. The smallest absolute Gasteiger partial charge is 0.223 e. The number of methoxy groups -OCH3 is 1. The number of carbonyl (C=O) groups excluding carboxylic acids is 1. The van der Waals surface area contributed by atoms with E-state index in [1.807, 2.05) is 35.7 Å². The Hall–Kier alpha value is -2.67. The minimum absolute atomic E-state index is 0.228. The second-order valence-electron chi connectivity index (χ2n) is 6.01. The maximum Gasteiger partial charge on any atom is 0.223 e. The van der Waals surface area contributed by atoms with Crippen LogP contribution in [0.25, 0.3) is 10.2 Å². The third kappa shape index (κ3) is 2.60. The zero-order chi connectivity index (χ0) is 17.4. The molecule has 7 heteroatoms. The highest BCUT2D eigenvalue weighted by molar-refractivity contribution is 7.16. The van der Waals surface area contributed by atoms with Crippen LogP contribution < -0.4 is 15.4 Å². The number of para-hydroxylation sites is 2. The van der Waals surface area contributed by atoms with E-state index in [0.29, 0.717) is 13.0 Å². The Morgan fingerprint density at radius 3 is 2.96 bits per heavy atom. The van der Waals surface area contributed by atoms with Gasteiger partial charge in [0.2, 0.25) is 5.91 Å². The highest BCUT2D eigenvalue weighted by Crippen LogP contribution is 2.44. The number of hydrogen-bond acceptors (Lipinski definition) is 6. The summed E-state index contributed by atoms with van der Waals surface area (Å²) in [6.07, 6.45) is 2.25. The first-order chi connectivity index (χ1) is 12.2. The molecule has 1 saturated heterocycles. The fourth-order valence-electron chi connectivity index (χ4n) is 3.61. The van der Waals surface area contributed by atoms with Crippen LogP contribution in [-0.4, -0.2) is 29.5 Å². The van der Waals surface area contributed by atoms with E-state index in [0.717, 1.165) is 27.3 Å². The molecule has 2 aromatic heterocycles. The summed E-state index contributed by atoms with van der Waals surface area (Å²) in [4.78, 5) is 24.1. The number of anilines is 1. The van der Waals surface area contributed by atoms with E-state index in [1.165, 1.54) is 0 Å². The van der Waals surface area contributed by atoms with Crippen LogP contribution in [0.3, 0.4) is 0 Å². The van der Waals surface area contributed by atoms with Crippen molar-refractivity contribution in [3.05, 3.63) is 47.7 Å². The standard InChI is InChI=1S/C18H18N4O2S/c1-24-14-5-3-2-4-13(14)22-8-6-12(17(19)23)16(22)15-11-7-9-25-18(11)21-10-20-15/h2-5,7,9-10,12,16H,6,8H2,1H3,(H2,19,23). The number of benzene rings is 1. The summed E-state index contributed by atoms with van der Waals surface area (Å²) < 4.78 is 5.52.